The van der Waals surface area contributed by atoms with Crippen LogP contribution >= 0.6 is 0 Å². The van der Waals surface area contributed by atoms with Crippen LogP contribution in [0.3, 0.4) is 0 Å². The molecule has 1 aromatic carbocycles. The Labute approximate surface area is 131 Å². The van der Waals surface area contributed by atoms with Gasteiger partial charge >= 0.3 is 6.03 Å². The number of rotatable bonds is 7. The lowest BCUT2D eigenvalue weighted by atomic mass is 9.99. The molecule has 1 rings (SSSR count). The maximum Gasteiger partial charge on any atom is 0.320 e. The molecule has 1 aromatic rings. The van der Waals surface area contributed by atoms with Gasteiger partial charge in [0, 0.05) is 0 Å². The standard InChI is InChI=1S/C16H25N3O3/c1-5-11(4)14(15(17)20)19-16(21)18-12-8-6-7-9-13(12)22-10(2)3/h6-11,14H,5H2,1-4H3,(H2,17,20)(H2,18,19,21). The minimum atomic E-state index is -0.705. The average molecular weight is 307 g/mol. The van der Waals surface area contributed by atoms with Crippen LogP contribution in [-0.2, 0) is 4.79 Å². The van der Waals surface area contributed by atoms with Crippen molar-refractivity contribution in [3.05, 3.63) is 24.3 Å². The Balaban J connectivity index is 2.78. The predicted octanol–water partition coefficient (Wildman–Crippen LogP) is 2.50. The van der Waals surface area contributed by atoms with Crippen molar-refractivity contribution in [2.75, 3.05) is 5.32 Å². The summed E-state index contributed by atoms with van der Waals surface area (Å²) in [4.78, 5) is 23.6. The molecular weight excluding hydrogens is 282 g/mol. The Hall–Kier alpha value is -2.24. The molecule has 3 amide bonds. The zero-order chi connectivity index (χ0) is 16.7. The van der Waals surface area contributed by atoms with Crippen LogP contribution in [0.4, 0.5) is 10.5 Å². The van der Waals surface area contributed by atoms with Crippen molar-refractivity contribution in [3.8, 4) is 5.75 Å². The van der Waals surface area contributed by atoms with Crippen molar-refractivity contribution in [1.82, 2.24) is 5.32 Å². The SMILES string of the molecule is CCC(C)C(NC(=O)Nc1ccccc1OC(C)C)C(N)=O. The minimum Gasteiger partial charge on any atom is -0.489 e. The highest BCUT2D eigenvalue weighted by molar-refractivity contribution is 5.94. The molecular formula is C16H25N3O3. The third kappa shape index (κ3) is 5.27. The molecule has 0 aliphatic carbocycles. The molecule has 2 atom stereocenters. The highest BCUT2D eigenvalue weighted by Crippen LogP contribution is 2.24. The van der Waals surface area contributed by atoms with E-state index in [0.717, 1.165) is 6.42 Å². The molecule has 4 N–H and O–H groups in total. The maximum absolute atomic E-state index is 12.1. The monoisotopic (exact) mass is 307 g/mol. The number of nitrogens with one attached hydrogen (secondary N) is 2. The fourth-order valence-electron chi connectivity index (χ4n) is 1.96. The lowest BCUT2D eigenvalue weighted by Gasteiger charge is -2.22. The fraction of sp³-hybridized carbons (Fsp3) is 0.500. The van der Waals surface area contributed by atoms with Crippen LogP contribution in [0.25, 0.3) is 0 Å². The molecule has 0 saturated heterocycles. The Kier molecular flexibility index (Phi) is 6.69. The van der Waals surface area contributed by atoms with E-state index in [2.05, 4.69) is 10.6 Å². The predicted molar refractivity (Wildman–Crippen MR) is 86.8 cm³/mol. The van der Waals surface area contributed by atoms with Crippen LogP contribution < -0.4 is 21.1 Å². The van der Waals surface area contributed by atoms with E-state index >= 15 is 0 Å². The number of carbonyl (C=O) groups excluding carboxylic acids is 2. The van der Waals surface area contributed by atoms with Gasteiger partial charge in [0.1, 0.15) is 11.8 Å². The lowest BCUT2D eigenvalue weighted by Crippen LogP contribution is -2.49. The maximum atomic E-state index is 12.1. The molecule has 0 aliphatic rings. The summed E-state index contributed by atoms with van der Waals surface area (Å²) in [6, 6.07) is 5.94. The minimum absolute atomic E-state index is 0.00973. The number of hydrogen-bond acceptors (Lipinski definition) is 3. The Morgan fingerprint density at radius 2 is 1.86 bits per heavy atom. The van der Waals surface area contributed by atoms with Crippen molar-refractivity contribution < 1.29 is 14.3 Å². The zero-order valence-electron chi connectivity index (χ0n) is 13.6. The van der Waals surface area contributed by atoms with E-state index in [0.29, 0.717) is 11.4 Å². The molecule has 122 valence electrons. The van der Waals surface area contributed by atoms with E-state index in [1.807, 2.05) is 33.8 Å². The van der Waals surface area contributed by atoms with Crippen molar-refractivity contribution >= 4 is 17.6 Å². The topological polar surface area (TPSA) is 93.4 Å². The first-order valence-electron chi connectivity index (χ1n) is 7.47. The molecule has 0 aromatic heterocycles. The summed E-state index contributed by atoms with van der Waals surface area (Å²) in [5.74, 6) is -0.00608. The number of nitrogens with two attached hydrogens (primary N) is 1. The quantitative estimate of drug-likeness (QED) is 0.722. The summed E-state index contributed by atoms with van der Waals surface area (Å²) in [5.41, 5.74) is 5.89. The highest BCUT2D eigenvalue weighted by Gasteiger charge is 2.23. The van der Waals surface area contributed by atoms with Gasteiger partial charge in [-0.15, -0.1) is 0 Å². The van der Waals surface area contributed by atoms with Crippen LogP contribution in [0, 0.1) is 5.92 Å². The van der Waals surface area contributed by atoms with Gasteiger partial charge in [0.15, 0.2) is 0 Å². The van der Waals surface area contributed by atoms with Crippen LogP contribution in [-0.4, -0.2) is 24.1 Å². The van der Waals surface area contributed by atoms with E-state index < -0.39 is 18.0 Å². The van der Waals surface area contributed by atoms with E-state index in [-0.39, 0.29) is 12.0 Å². The number of ether oxygens (including phenoxy) is 1. The van der Waals surface area contributed by atoms with E-state index in [1.54, 1.807) is 18.2 Å². The van der Waals surface area contributed by atoms with Gasteiger partial charge < -0.3 is 21.1 Å². The second kappa shape index (κ2) is 8.26. The number of anilines is 1. The normalized spacial score (nSPS) is 13.3. The van der Waals surface area contributed by atoms with E-state index in [4.69, 9.17) is 10.5 Å². The molecule has 6 nitrogen and oxygen atoms in total. The summed E-state index contributed by atoms with van der Waals surface area (Å²) in [6.07, 6.45) is 0.727. The molecule has 0 saturated carbocycles. The zero-order valence-corrected chi connectivity index (χ0v) is 13.6. The third-order valence-corrected chi connectivity index (χ3v) is 3.30. The van der Waals surface area contributed by atoms with Crippen LogP contribution in [0.2, 0.25) is 0 Å². The van der Waals surface area contributed by atoms with E-state index in [9.17, 15) is 9.59 Å². The summed E-state index contributed by atoms with van der Waals surface area (Å²) in [6.45, 7) is 7.61. The van der Waals surface area contributed by atoms with Crippen molar-refractivity contribution in [2.24, 2.45) is 11.7 Å². The second-order valence-corrected chi connectivity index (χ2v) is 5.53. The lowest BCUT2D eigenvalue weighted by molar-refractivity contribution is -0.120. The van der Waals surface area contributed by atoms with Crippen LogP contribution in [0.5, 0.6) is 5.75 Å². The van der Waals surface area contributed by atoms with Gasteiger partial charge in [-0.25, -0.2) is 4.79 Å². The largest absolute Gasteiger partial charge is 0.489 e. The highest BCUT2D eigenvalue weighted by atomic mass is 16.5. The molecule has 0 heterocycles. The number of urea groups is 1. The molecule has 0 fully saturated rings. The van der Waals surface area contributed by atoms with Gasteiger partial charge in [0.05, 0.1) is 11.8 Å². The molecule has 0 bridgehead atoms. The van der Waals surface area contributed by atoms with Gasteiger partial charge in [0.25, 0.3) is 0 Å². The first-order chi connectivity index (χ1) is 10.3. The Bertz CT molecular complexity index is 517. The van der Waals surface area contributed by atoms with Gasteiger partial charge in [-0.3, -0.25) is 4.79 Å². The summed E-state index contributed by atoms with van der Waals surface area (Å²) in [7, 11) is 0. The second-order valence-electron chi connectivity index (χ2n) is 5.53. The molecule has 22 heavy (non-hydrogen) atoms. The van der Waals surface area contributed by atoms with Gasteiger partial charge in [-0.1, -0.05) is 32.4 Å². The number of hydrogen-bond donors (Lipinski definition) is 3. The summed E-state index contributed by atoms with van der Waals surface area (Å²) in [5, 5.41) is 5.31. The molecule has 6 heteroatoms. The van der Waals surface area contributed by atoms with Gasteiger partial charge in [-0.2, -0.15) is 0 Å². The Morgan fingerprint density at radius 3 is 2.41 bits per heavy atom. The summed E-state index contributed by atoms with van der Waals surface area (Å²) < 4.78 is 5.63. The number of benzene rings is 1. The average Bonchev–Trinajstić information content (AvgIpc) is 2.45. The van der Waals surface area contributed by atoms with Crippen molar-refractivity contribution in [3.63, 3.8) is 0 Å². The number of primary amides is 1. The molecule has 0 spiro atoms. The van der Waals surface area contributed by atoms with Crippen LogP contribution in [0.1, 0.15) is 34.1 Å². The number of amides is 3. The smallest absolute Gasteiger partial charge is 0.320 e. The van der Waals surface area contributed by atoms with Gasteiger partial charge in [-0.05, 0) is 31.9 Å². The Morgan fingerprint density at radius 1 is 1.23 bits per heavy atom. The first-order valence-corrected chi connectivity index (χ1v) is 7.47. The molecule has 0 aliphatic heterocycles. The van der Waals surface area contributed by atoms with Crippen LogP contribution in [0.15, 0.2) is 24.3 Å². The molecule has 2 unspecified atom stereocenters. The number of para-hydroxylation sites is 2. The van der Waals surface area contributed by atoms with Crippen molar-refractivity contribution in [2.45, 2.75) is 46.3 Å². The van der Waals surface area contributed by atoms with Gasteiger partial charge in [0.2, 0.25) is 5.91 Å². The third-order valence-electron chi connectivity index (χ3n) is 3.30. The van der Waals surface area contributed by atoms with E-state index in [1.165, 1.54) is 0 Å². The van der Waals surface area contributed by atoms with Crippen molar-refractivity contribution in [1.29, 1.82) is 0 Å². The first kappa shape index (κ1) is 17.8. The molecule has 0 radical (unpaired) electrons. The number of carbonyl (C=O) groups is 2. The fourth-order valence-corrected chi connectivity index (χ4v) is 1.96. The summed E-state index contributed by atoms with van der Waals surface area (Å²) >= 11 is 0.